The minimum Gasteiger partial charge on any atom is -0.310 e. The standard InChI is InChI=1S/C52H32N2/c1-34-29-35(33-53)31-41(30-34)54(39-20-9-4-10-21-39)40-22-13-19-38(32-40)42-27-28-47-50-43(42)25-14-26-46(50)51-48(36-15-5-2-6-16-36)44-23-11-12-24-45(44)49(52(47)51)37-17-7-3-8-18-37/h2-7,9-17,19-32H,1H3. The zero-order valence-electron chi connectivity index (χ0n) is 29.6. The lowest BCUT2D eigenvalue weighted by atomic mass is 9.82. The summed E-state index contributed by atoms with van der Waals surface area (Å²) in [6, 6.07) is 58.6. The second kappa shape index (κ2) is 12.7. The Morgan fingerprint density at radius 3 is 1.94 bits per heavy atom. The van der Waals surface area contributed by atoms with Gasteiger partial charge in [-0.3, -0.25) is 0 Å². The molecule has 2 aliphatic rings. The third-order valence-electron chi connectivity index (χ3n) is 10.7. The van der Waals surface area contributed by atoms with Crippen molar-refractivity contribution in [1.82, 2.24) is 0 Å². The summed E-state index contributed by atoms with van der Waals surface area (Å²) in [5.74, 6) is 0. The lowest BCUT2D eigenvalue weighted by Gasteiger charge is -2.26. The molecule has 0 atom stereocenters. The van der Waals surface area contributed by atoms with Gasteiger partial charge >= 0.3 is 0 Å². The number of aryl methyl sites for hydroxylation is 1. The van der Waals surface area contributed by atoms with Crippen molar-refractivity contribution < 1.29 is 0 Å². The Morgan fingerprint density at radius 2 is 1.17 bits per heavy atom. The van der Waals surface area contributed by atoms with Gasteiger partial charge in [0.05, 0.1) is 11.6 Å². The van der Waals surface area contributed by atoms with Gasteiger partial charge in [-0.2, -0.15) is 5.26 Å². The van der Waals surface area contributed by atoms with Gasteiger partial charge in [0.2, 0.25) is 0 Å². The minimum atomic E-state index is 0.641. The van der Waals surface area contributed by atoms with Gasteiger partial charge in [0.15, 0.2) is 0 Å². The van der Waals surface area contributed by atoms with E-state index in [-0.39, 0.29) is 0 Å². The average Bonchev–Trinajstić information content (AvgIpc) is 3.56. The molecule has 0 bridgehead atoms. The van der Waals surface area contributed by atoms with Gasteiger partial charge in [-0.05, 0) is 133 Å². The van der Waals surface area contributed by atoms with Crippen LogP contribution in [0.2, 0.25) is 0 Å². The van der Waals surface area contributed by atoms with Gasteiger partial charge < -0.3 is 4.90 Å². The summed E-state index contributed by atoms with van der Waals surface area (Å²) in [5, 5.41) is 14.8. The lowest BCUT2D eigenvalue weighted by Crippen LogP contribution is -2.10. The van der Waals surface area contributed by atoms with Crippen molar-refractivity contribution in [2.24, 2.45) is 0 Å². The number of rotatable bonds is 6. The van der Waals surface area contributed by atoms with Crippen LogP contribution in [0.4, 0.5) is 17.1 Å². The highest BCUT2D eigenvalue weighted by atomic mass is 15.1. The highest BCUT2D eigenvalue weighted by Gasteiger charge is 2.31. The third-order valence-corrected chi connectivity index (χ3v) is 10.7. The van der Waals surface area contributed by atoms with Crippen molar-refractivity contribution in [1.29, 1.82) is 5.26 Å². The summed E-state index contributed by atoms with van der Waals surface area (Å²) >= 11 is 0. The number of para-hydroxylation sites is 1. The molecule has 8 aromatic carbocycles. The van der Waals surface area contributed by atoms with Crippen LogP contribution in [0.5, 0.6) is 0 Å². The first-order valence-corrected chi connectivity index (χ1v) is 18.2. The number of hydrogen-bond acceptors (Lipinski definition) is 2. The molecule has 0 saturated carbocycles. The molecule has 0 radical (unpaired) electrons. The van der Waals surface area contributed by atoms with Crippen LogP contribution in [0.15, 0.2) is 187 Å². The van der Waals surface area contributed by atoms with E-state index in [0.717, 1.165) is 33.8 Å². The molecule has 0 amide bonds. The summed E-state index contributed by atoms with van der Waals surface area (Å²) in [6.45, 7) is 2.04. The van der Waals surface area contributed by atoms with Crippen molar-refractivity contribution in [3.05, 3.63) is 204 Å². The fourth-order valence-electron chi connectivity index (χ4n) is 8.53. The summed E-state index contributed by atoms with van der Waals surface area (Å²) < 4.78 is 0. The van der Waals surface area contributed by atoms with Gasteiger partial charge in [0.25, 0.3) is 0 Å². The maximum atomic E-state index is 9.86. The van der Waals surface area contributed by atoms with E-state index >= 15 is 0 Å². The number of nitrogens with zero attached hydrogens (tertiary/aromatic N) is 2. The van der Waals surface area contributed by atoms with E-state index in [2.05, 4.69) is 174 Å². The maximum absolute atomic E-state index is 9.86. The second-order valence-electron chi connectivity index (χ2n) is 13.9. The number of allylic oxidation sites excluding steroid dienone is 4. The van der Waals surface area contributed by atoms with E-state index in [1.807, 2.05) is 31.2 Å². The number of nitriles is 1. The van der Waals surface area contributed by atoms with Crippen molar-refractivity contribution in [2.75, 3.05) is 4.90 Å². The Labute approximate surface area is 314 Å². The SMILES string of the molecule is Cc1cc(C#N)cc(N(c2ccccc2)c2cccc(-c3ccc4c5c(cccc35)-c3c-4c(C4=C=C=CC=C4)c4ccccc4c3-c3ccccc3)c2)c1. The minimum absolute atomic E-state index is 0.641. The fraction of sp³-hybridized carbons (Fsp3) is 0.0192. The summed E-state index contributed by atoms with van der Waals surface area (Å²) in [5.41, 5.74) is 23.4. The van der Waals surface area contributed by atoms with Gasteiger partial charge in [-0.15, -0.1) is 0 Å². The van der Waals surface area contributed by atoms with E-state index in [4.69, 9.17) is 0 Å². The predicted molar refractivity (Wildman–Crippen MR) is 225 cm³/mol. The molecule has 0 saturated heterocycles. The molecule has 0 aliphatic heterocycles. The molecule has 10 rings (SSSR count). The molecule has 8 aromatic rings. The Hall–Kier alpha value is -7.39. The van der Waals surface area contributed by atoms with Crippen molar-refractivity contribution in [3.63, 3.8) is 0 Å². The first kappa shape index (κ1) is 31.4. The molecule has 2 heteroatoms. The second-order valence-corrected chi connectivity index (χ2v) is 13.9. The molecular formula is C52H32N2. The molecule has 0 heterocycles. The van der Waals surface area contributed by atoms with Gasteiger partial charge in [0.1, 0.15) is 0 Å². The zero-order chi connectivity index (χ0) is 36.2. The Morgan fingerprint density at radius 1 is 0.519 bits per heavy atom. The van der Waals surface area contributed by atoms with Crippen LogP contribution in [-0.4, -0.2) is 0 Å². The smallest absolute Gasteiger partial charge is 0.0992 e. The van der Waals surface area contributed by atoms with Crippen LogP contribution in [-0.2, 0) is 0 Å². The Balaban J connectivity index is 1.23. The van der Waals surface area contributed by atoms with Crippen molar-refractivity contribution >= 4 is 44.2 Å². The molecule has 0 N–H and O–H groups in total. The number of anilines is 3. The van der Waals surface area contributed by atoms with Crippen LogP contribution < -0.4 is 4.90 Å². The Bertz CT molecular complexity index is 3020. The van der Waals surface area contributed by atoms with E-state index < -0.39 is 0 Å². The quantitative estimate of drug-likeness (QED) is 0.163. The highest BCUT2D eigenvalue weighted by molar-refractivity contribution is 6.27. The molecule has 0 unspecified atom stereocenters. The summed E-state index contributed by atoms with van der Waals surface area (Å²) in [4.78, 5) is 2.24. The predicted octanol–water partition coefficient (Wildman–Crippen LogP) is 13.9. The third kappa shape index (κ3) is 4.97. The van der Waals surface area contributed by atoms with Gasteiger partial charge in [-0.1, -0.05) is 133 Å². The molecule has 0 fully saturated rings. The molecule has 54 heavy (non-hydrogen) atoms. The van der Waals surface area contributed by atoms with Crippen molar-refractivity contribution in [3.8, 4) is 50.6 Å². The van der Waals surface area contributed by atoms with Crippen molar-refractivity contribution in [2.45, 2.75) is 6.92 Å². The zero-order valence-corrected chi connectivity index (χ0v) is 29.6. The van der Waals surface area contributed by atoms with E-state index in [1.165, 1.54) is 66.1 Å². The van der Waals surface area contributed by atoms with Crippen LogP contribution in [0, 0.1) is 18.3 Å². The van der Waals surface area contributed by atoms with Crippen LogP contribution in [0.25, 0.3) is 71.6 Å². The monoisotopic (exact) mass is 684 g/mol. The molecule has 0 spiro atoms. The average molecular weight is 685 g/mol. The number of fused-ring (bicyclic) bond motifs is 4. The molecular weight excluding hydrogens is 653 g/mol. The first-order chi connectivity index (χ1) is 26.7. The first-order valence-electron chi connectivity index (χ1n) is 18.2. The van der Waals surface area contributed by atoms with Gasteiger partial charge in [0, 0.05) is 28.2 Å². The normalized spacial score (nSPS) is 12.2. The molecule has 250 valence electrons. The largest absolute Gasteiger partial charge is 0.310 e. The summed E-state index contributed by atoms with van der Waals surface area (Å²) in [6.07, 6.45) is 6.13. The van der Waals surface area contributed by atoms with Crippen LogP contribution >= 0.6 is 0 Å². The van der Waals surface area contributed by atoms with E-state index in [0.29, 0.717) is 5.56 Å². The van der Waals surface area contributed by atoms with Gasteiger partial charge in [-0.25, -0.2) is 0 Å². The molecule has 2 nitrogen and oxygen atoms in total. The number of benzene rings is 8. The Kier molecular flexibility index (Phi) is 7.36. The van der Waals surface area contributed by atoms with E-state index in [9.17, 15) is 5.26 Å². The van der Waals surface area contributed by atoms with Crippen LogP contribution in [0.3, 0.4) is 0 Å². The molecule has 0 aromatic heterocycles. The fourth-order valence-corrected chi connectivity index (χ4v) is 8.53. The maximum Gasteiger partial charge on any atom is 0.0992 e. The topological polar surface area (TPSA) is 27.0 Å². The number of hydrogen-bond donors (Lipinski definition) is 0. The highest BCUT2D eigenvalue weighted by Crippen LogP contribution is 2.57. The van der Waals surface area contributed by atoms with E-state index in [1.54, 1.807) is 0 Å². The van der Waals surface area contributed by atoms with Crippen LogP contribution in [0.1, 0.15) is 16.7 Å². The summed E-state index contributed by atoms with van der Waals surface area (Å²) in [7, 11) is 0. The molecule has 2 aliphatic carbocycles. The lowest BCUT2D eigenvalue weighted by molar-refractivity contribution is 1.26.